The summed E-state index contributed by atoms with van der Waals surface area (Å²) in [6, 6.07) is 2.68. The Morgan fingerprint density at radius 1 is 1.08 bits per heavy atom. The van der Waals surface area contributed by atoms with Crippen LogP contribution in [-0.2, 0) is 9.84 Å². The van der Waals surface area contributed by atoms with Gasteiger partial charge in [0.1, 0.15) is 11.6 Å². The molecule has 3 rings (SSSR count). The third kappa shape index (κ3) is 3.37. The van der Waals surface area contributed by atoms with Crippen LogP contribution < -0.4 is 4.90 Å². The Hall–Kier alpha value is -1.72. The van der Waals surface area contributed by atoms with Crippen molar-refractivity contribution in [2.24, 2.45) is 0 Å². The van der Waals surface area contributed by atoms with E-state index >= 15 is 0 Å². The summed E-state index contributed by atoms with van der Waals surface area (Å²) >= 11 is 0. The standard InChI is InChI=1S/C16H23N5O2S/c1-12-13(2)18-19-16(15(12)11-17)21-5-3-14(4-6-21)20-7-9-24(22,23)10-8-20/h14H,3-10H2,1-2H3. The van der Waals surface area contributed by atoms with Crippen LogP contribution in [0.3, 0.4) is 0 Å². The molecule has 0 amide bonds. The van der Waals surface area contributed by atoms with E-state index in [1.165, 1.54) is 0 Å². The van der Waals surface area contributed by atoms with Crippen LogP contribution in [0.4, 0.5) is 5.82 Å². The van der Waals surface area contributed by atoms with E-state index in [-0.39, 0.29) is 11.5 Å². The van der Waals surface area contributed by atoms with Crippen molar-refractivity contribution in [1.82, 2.24) is 15.1 Å². The number of anilines is 1. The Labute approximate surface area is 143 Å². The van der Waals surface area contributed by atoms with Gasteiger partial charge in [0, 0.05) is 32.2 Å². The Morgan fingerprint density at radius 3 is 2.29 bits per heavy atom. The van der Waals surface area contributed by atoms with E-state index in [1.54, 1.807) is 0 Å². The minimum atomic E-state index is -2.83. The number of hydrogen-bond donors (Lipinski definition) is 0. The molecule has 2 aliphatic rings. The van der Waals surface area contributed by atoms with Gasteiger partial charge in [-0.1, -0.05) is 0 Å². The highest BCUT2D eigenvalue weighted by molar-refractivity contribution is 7.91. The lowest BCUT2D eigenvalue weighted by Gasteiger charge is -2.40. The molecule has 0 unspecified atom stereocenters. The first kappa shape index (κ1) is 17.1. The highest BCUT2D eigenvalue weighted by Crippen LogP contribution is 2.26. The Bertz CT molecular complexity index is 749. The largest absolute Gasteiger partial charge is 0.354 e. The second-order valence-electron chi connectivity index (χ2n) is 6.63. The molecule has 0 radical (unpaired) electrons. The fourth-order valence-electron chi connectivity index (χ4n) is 3.49. The molecule has 8 heteroatoms. The molecular formula is C16H23N5O2S. The summed E-state index contributed by atoms with van der Waals surface area (Å²) < 4.78 is 23.1. The monoisotopic (exact) mass is 349 g/mol. The van der Waals surface area contributed by atoms with E-state index in [0.717, 1.165) is 37.2 Å². The zero-order chi connectivity index (χ0) is 17.3. The van der Waals surface area contributed by atoms with Crippen LogP contribution in [0, 0.1) is 25.2 Å². The lowest BCUT2D eigenvalue weighted by Crippen LogP contribution is -2.50. The van der Waals surface area contributed by atoms with Crippen molar-refractivity contribution in [1.29, 1.82) is 5.26 Å². The van der Waals surface area contributed by atoms with Crippen LogP contribution in [0.1, 0.15) is 29.7 Å². The van der Waals surface area contributed by atoms with Gasteiger partial charge in [-0.05, 0) is 32.3 Å². The zero-order valence-electron chi connectivity index (χ0n) is 14.2. The number of nitrogens with zero attached hydrogens (tertiary/aromatic N) is 5. The summed E-state index contributed by atoms with van der Waals surface area (Å²) in [6.07, 6.45) is 1.92. The molecule has 7 nitrogen and oxygen atoms in total. The Kier molecular flexibility index (Phi) is 4.74. The fraction of sp³-hybridized carbons (Fsp3) is 0.688. The van der Waals surface area contributed by atoms with Gasteiger partial charge in [0.2, 0.25) is 0 Å². The van der Waals surface area contributed by atoms with Crippen LogP contribution >= 0.6 is 0 Å². The van der Waals surface area contributed by atoms with E-state index in [2.05, 4.69) is 26.1 Å². The summed E-state index contributed by atoms with van der Waals surface area (Å²) in [5, 5.41) is 17.9. The van der Waals surface area contributed by atoms with Gasteiger partial charge in [0.25, 0.3) is 0 Å². The highest BCUT2D eigenvalue weighted by atomic mass is 32.2. The minimum absolute atomic E-state index is 0.272. The lowest BCUT2D eigenvalue weighted by atomic mass is 10.0. The minimum Gasteiger partial charge on any atom is -0.354 e. The maximum atomic E-state index is 11.6. The average Bonchev–Trinajstić information content (AvgIpc) is 2.57. The molecule has 3 heterocycles. The summed E-state index contributed by atoms with van der Waals surface area (Å²) in [7, 11) is -2.83. The van der Waals surface area contributed by atoms with Gasteiger partial charge in [-0.25, -0.2) is 8.42 Å². The molecule has 0 saturated carbocycles. The molecule has 130 valence electrons. The van der Waals surface area contributed by atoms with Crippen molar-refractivity contribution in [2.45, 2.75) is 32.7 Å². The Morgan fingerprint density at radius 2 is 1.71 bits per heavy atom. The van der Waals surface area contributed by atoms with Crippen molar-refractivity contribution in [3.05, 3.63) is 16.8 Å². The quantitative estimate of drug-likeness (QED) is 0.775. The van der Waals surface area contributed by atoms with Gasteiger partial charge < -0.3 is 4.90 Å². The lowest BCUT2D eigenvalue weighted by molar-refractivity contribution is 0.182. The van der Waals surface area contributed by atoms with Crippen molar-refractivity contribution < 1.29 is 8.42 Å². The first-order chi connectivity index (χ1) is 11.4. The predicted octanol–water partition coefficient (Wildman–Crippen LogP) is 0.664. The van der Waals surface area contributed by atoms with Gasteiger partial charge in [-0.2, -0.15) is 10.4 Å². The van der Waals surface area contributed by atoms with Gasteiger partial charge in [0.15, 0.2) is 15.7 Å². The smallest absolute Gasteiger partial charge is 0.169 e. The summed E-state index contributed by atoms with van der Waals surface area (Å²) in [5.41, 5.74) is 2.30. The molecule has 24 heavy (non-hydrogen) atoms. The maximum absolute atomic E-state index is 11.6. The highest BCUT2D eigenvalue weighted by Gasteiger charge is 2.30. The summed E-state index contributed by atoms with van der Waals surface area (Å²) in [5.74, 6) is 1.23. The number of rotatable bonds is 2. The second kappa shape index (κ2) is 6.65. The summed E-state index contributed by atoms with van der Waals surface area (Å²) in [4.78, 5) is 4.44. The molecule has 2 fully saturated rings. The van der Waals surface area contributed by atoms with Crippen molar-refractivity contribution >= 4 is 15.7 Å². The SMILES string of the molecule is Cc1nnc(N2CCC(N3CCS(=O)(=O)CC3)CC2)c(C#N)c1C. The molecule has 1 aromatic heterocycles. The molecular weight excluding hydrogens is 326 g/mol. The van der Waals surface area contributed by atoms with E-state index in [9.17, 15) is 13.7 Å². The first-order valence-corrected chi connectivity index (χ1v) is 10.2. The van der Waals surface area contributed by atoms with Gasteiger partial charge in [-0.15, -0.1) is 5.10 Å². The van der Waals surface area contributed by atoms with Crippen molar-refractivity contribution in [2.75, 3.05) is 42.6 Å². The number of nitriles is 1. The molecule has 0 aliphatic carbocycles. The van der Waals surface area contributed by atoms with Crippen LogP contribution in [0.2, 0.25) is 0 Å². The van der Waals surface area contributed by atoms with Crippen molar-refractivity contribution in [3.8, 4) is 6.07 Å². The fourth-order valence-corrected chi connectivity index (χ4v) is 4.72. The van der Waals surface area contributed by atoms with Crippen LogP contribution in [0.15, 0.2) is 0 Å². The first-order valence-electron chi connectivity index (χ1n) is 8.34. The molecule has 0 bridgehead atoms. The number of aryl methyl sites for hydroxylation is 1. The Balaban J connectivity index is 1.66. The molecule has 2 aliphatic heterocycles. The molecule has 0 N–H and O–H groups in total. The number of piperidine rings is 1. The molecule has 2 saturated heterocycles. The zero-order valence-corrected chi connectivity index (χ0v) is 15.0. The average molecular weight is 349 g/mol. The van der Waals surface area contributed by atoms with E-state index < -0.39 is 9.84 Å². The molecule has 0 aromatic carbocycles. The molecule has 1 aromatic rings. The normalized spacial score (nSPS) is 22.3. The van der Waals surface area contributed by atoms with Gasteiger partial charge in [0.05, 0.1) is 17.2 Å². The maximum Gasteiger partial charge on any atom is 0.169 e. The van der Waals surface area contributed by atoms with Crippen LogP contribution in [0.5, 0.6) is 0 Å². The third-order valence-electron chi connectivity index (χ3n) is 5.21. The molecule has 0 atom stereocenters. The van der Waals surface area contributed by atoms with Crippen LogP contribution in [0.25, 0.3) is 0 Å². The second-order valence-corrected chi connectivity index (χ2v) is 8.93. The van der Waals surface area contributed by atoms with Gasteiger partial charge >= 0.3 is 0 Å². The van der Waals surface area contributed by atoms with E-state index in [0.29, 0.717) is 30.5 Å². The summed E-state index contributed by atoms with van der Waals surface area (Å²) in [6.45, 7) is 6.69. The predicted molar refractivity (Wildman–Crippen MR) is 91.7 cm³/mol. The topological polar surface area (TPSA) is 90.2 Å². The van der Waals surface area contributed by atoms with Crippen molar-refractivity contribution in [3.63, 3.8) is 0 Å². The van der Waals surface area contributed by atoms with Gasteiger partial charge in [-0.3, -0.25) is 4.90 Å². The number of aromatic nitrogens is 2. The number of sulfone groups is 1. The van der Waals surface area contributed by atoms with Crippen LogP contribution in [-0.4, -0.2) is 67.2 Å². The van der Waals surface area contributed by atoms with E-state index in [1.807, 2.05) is 13.8 Å². The van der Waals surface area contributed by atoms with E-state index in [4.69, 9.17) is 0 Å². The molecule has 0 spiro atoms. The number of hydrogen-bond acceptors (Lipinski definition) is 7. The third-order valence-corrected chi connectivity index (χ3v) is 6.82.